The van der Waals surface area contributed by atoms with E-state index in [1.54, 1.807) is 24.1 Å². The van der Waals surface area contributed by atoms with E-state index in [1.165, 1.54) is 23.3 Å². The first-order valence-corrected chi connectivity index (χ1v) is 8.64. The average molecular weight is 314 g/mol. The van der Waals surface area contributed by atoms with E-state index in [1.807, 2.05) is 6.07 Å². The maximum Gasteiger partial charge on any atom is 0.125 e. The lowest BCUT2D eigenvalue weighted by Gasteiger charge is -2.35. The zero-order valence-corrected chi connectivity index (χ0v) is 13.2. The van der Waals surface area contributed by atoms with Crippen LogP contribution in [-0.2, 0) is 0 Å². The van der Waals surface area contributed by atoms with E-state index < -0.39 is 0 Å². The zero-order chi connectivity index (χ0) is 14.9. The maximum atomic E-state index is 13.8. The number of nitrogens with one attached hydrogen (secondary N) is 1. The van der Waals surface area contributed by atoms with Crippen LogP contribution in [0, 0.1) is 11.7 Å². The fraction of sp³-hybridized carbons (Fsp3) is 0.333. The first-order chi connectivity index (χ1) is 10.8. The van der Waals surface area contributed by atoms with E-state index in [4.69, 9.17) is 0 Å². The molecule has 22 heavy (non-hydrogen) atoms. The SMILES string of the molecule is Fc1ccc2c(c1)N(CC1CCNCC1)Sc1ccccc1-2. The monoisotopic (exact) mass is 314 g/mol. The van der Waals surface area contributed by atoms with Gasteiger partial charge in [0.2, 0.25) is 0 Å². The Kier molecular flexibility index (Phi) is 3.80. The van der Waals surface area contributed by atoms with Crippen LogP contribution in [0.5, 0.6) is 0 Å². The summed E-state index contributed by atoms with van der Waals surface area (Å²) in [7, 11) is 0. The first-order valence-electron chi connectivity index (χ1n) is 7.86. The molecule has 0 atom stereocenters. The fourth-order valence-corrected chi connectivity index (χ4v) is 4.50. The standard InChI is InChI=1S/C18H19FN2S/c19-14-5-6-15-16-3-1-2-4-18(16)22-21(17(15)11-14)12-13-7-9-20-10-8-13/h1-6,11,13,20H,7-10,12H2. The Bertz CT molecular complexity index is 683. The Labute approximate surface area is 134 Å². The second kappa shape index (κ2) is 5.94. The number of halogens is 1. The van der Waals surface area contributed by atoms with Gasteiger partial charge in [0.1, 0.15) is 5.82 Å². The van der Waals surface area contributed by atoms with E-state index in [9.17, 15) is 4.39 Å². The lowest BCUT2D eigenvalue weighted by Crippen LogP contribution is -2.34. The van der Waals surface area contributed by atoms with Crippen molar-refractivity contribution in [2.45, 2.75) is 17.7 Å². The Hall–Kier alpha value is -1.52. The van der Waals surface area contributed by atoms with Crippen LogP contribution in [0.15, 0.2) is 47.4 Å². The molecule has 0 aromatic heterocycles. The summed E-state index contributed by atoms with van der Waals surface area (Å²) in [5.74, 6) is 0.518. The molecule has 0 spiro atoms. The molecule has 0 aliphatic carbocycles. The third-order valence-electron chi connectivity index (χ3n) is 4.50. The van der Waals surface area contributed by atoms with E-state index in [0.717, 1.165) is 30.9 Å². The van der Waals surface area contributed by atoms with Crippen molar-refractivity contribution in [3.63, 3.8) is 0 Å². The van der Waals surface area contributed by atoms with Gasteiger partial charge in [-0.15, -0.1) is 0 Å². The van der Waals surface area contributed by atoms with Crippen molar-refractivity contribution in [1.29, 1.82) is 0 Å². The van der Waals surface area contributed by atoms with Crippen molar-refractivity contribution in [2.24, 2.45) is 5.92 Å². The van der Waals surface area contributed by atoms with Crippen molar-refractivity contribution in [1.82, 2.24) is 5.32 Å². The van der Waals surface area contributed by atoms with Crippen molar-refractivity contribution in [2.75, 3.05) is 23.9 Å². The van der Waals surface area contributed by atoms with Gasteiger partial charge >= 0.3 is 0 Å². The predicted molar refractivity (Wildman–Crippen MR) is 90.6 cm³/mol. The predicted octanol–water partition coefficient (Wildman–Crippen LogP) is 4.32. The van der Waals surface area contributed by atoms with Gasteiger partial charge in [0.25, 0.3) is 0 Å². The summed E-state index contributed by atoms with van der Waals surface area (Å²) < 4.78 is 16.1. The van der Waals surface area contributed by atoms with Crippen LogP contribution < -0.4 is 9.62 Å². The number of nitrogens with zero attached hydrogens (tertiary/aromatic N) is 1. The number of piperidine rings is 1. The average Bonchev–Trinajstić information content (AvgIpc) is 2.56. The summed E-state index contributed by atoms with van der Waals surface area (Å²) in [6.07, 6.45) is 2.40. The third-order valence-corrected chi connectivity index (χ3v) is 5.62. The van der Waals surface area contributed by atoms with Crippen LogP contribution in [0.4, 0.5) is 10.1 Å². The Morgan fingerprint density at radius 3 is 2.77 bits per heavy atom. The Morgan fingerprint density at radius 2 is 1.91 bits per heavy atom. The number of benzene rings is 2. The molecule has 114 valence electrons. The highest BCUT2D eigenvalue weighted by molar-refractivity contribution is 8.01. The van der Waals surface area contributed by atoms with E-state index >= 15 is 0 Å². The van der Waals surface area contributed by atoms with Crippen molar-refractivity contribution < 1.29 is 4.39 Å². The van der Waals surface area contributed by atoms with Crippen LogP contribution >= 0.6 is 11.9 Å². The van der Waals surface area contributed by atoms with E-state index in [-0.39, 0.29) is 5.82 Å². The van der Waals surface area contributed by atoms with Crippen LogP contribution in [0.25, 0.3) is 11.1 Å². The molecule has 2 aliphatic rings. The molecule has 0 saturated carbocycles. The van der Waals surface area contributed by atoms with Gasteiger partial charge in [0.05, 0.1) is 5.69 Å². The first kappa shape index (κ1) is 14.1. The molecule has 1 saturated heterocycles. The van der Waals surface area contributed by atoms with Crippen molar-refractivity contribution >= 4 is 17.6 Å². The molecule has 2 nitrogen and oxygen atoms in total. The number of fused-ring (bicyclic) bond motifs is 3. The second-order valence-corrected chi connectivity index (χ2v) is 7.07. The van der Waals surface area contributed by atoms with Gasteiger partial charge in [-0.1, -0.05) is 18.2 Å². The van der Waals surface area contributed by atoms with E-state index in [0.29, 0.717) is 5.92 Å². The highest BCUT2D eigenvalue weighted by Crippen LogP contribution is 2.46. The van der Waals surface area contributed by atoms with Gasteiger partial charge < -0.3 is 9.62 Å². The van der Waals surface area contributed by atoms with Crippen molar-refractivity contribution in [3.05, 3.63) is 48.3 Å². The number of anilines is 1. The molecule has 1 fully saturated rings. The largest absolute Gasteiger partial charge is 0.317 e. The summed E-state index contributed by atoms with van der Waals surface area (Å²) in [6, 6.07) is 13.6. The van der Waals surface area contributed by atoms with Gasteiger partial charge in [0.15, 0.2) is 0 Å². The molecule has 2 aliphatic heterocycles. The van der Waals surface area contributed by atoms with Gasteiger partial charge in [-0.25, -0.2) is 4.39 Å². The summed E-state index contributed by atoms with van der Waals surface area (Å²) >= 11 is 1.75. The molecule has 0 bridgehead atoms. The van der Waals surface area contributed by atoms with Crippen LogP contribution in [0.3, 0.4) is 0 Å². The minimum atomic E-state index is -0.158. The smallest absolute Gasteiger partial charge is 0.125 e. The molecule has 0 radical (unpaired) electrons. The summed E-state index contributed by atoms with van der Waals surface area (Å²) in [5.41, 5.74) is 3.37. The molecular weight excluding hydrogens is 295 g/mol. The Morgan fingerprint density at radius 1 is 1.09 bits per heavy atom. The molecule has 2 aromatic rings. The highest BCUT2D eigenvalue weighted by atomic mass is 32.2. The topological polar surface area (TPSA) is 15.3 Å². The second-order valence-electron chi connectivity index (χ2n) is 6.00. The van der Waals surface area contributed by atoms with Crippen LogP contribution in [0.1, 0.15) is 12.8 Å². The highest BCUT2D eigenvalue weighted by Gasteiger charge is 2.26. The maximum absolute atomic E-state index is 13.8. The van der Waals surface area contributed by atoms with Crippen LogP contribution in [0.2, 0.25) is 0 Å². The number of hydrogen-bond acceptors (Lipinski definition) is 3. The molecule has 2 aromatic carbocycles. The summed E-state index contributed by atoms with van der Waals surface area (Å²) in [6.45, 7) is 3.17. The summed E-state index contributed by atoms with van der Waals surface area (Å²) in [5, 5.41) is 3.41. The summed E-state index contributed by atoms with van der Waals surface area (Å²) in [4.78, 5) is 1.26. The molecule has 4 rings (SSSR count). The molecule has 4 heteroatoms. The van der Waals surface area contributed by atoms with Gasteiger partial charge in [-0.3, -0.25) is 0 Å². The molecule has 0 amide bonds. The Balaban J connectivity index is 1.70. The minimum absolute atomic E-state index is 0.158. The minimum Gasteiger partial charge on any atom is -0.317 e. The van der Waals surface area contributed by atoms with E-state index in [2.05, 4.69) is 33.9 Å². The fourth-order valence-electron chi connectivity index (χ4n) is 3.31. The van der Waals surface area contributed by atoms with Gasteiger partial charge in [0, 0.05) is 17.0 Å². The lowest BCUT2D eigenvalue weighted by atomic mass is 9.97. The van der Waals surface area contributed by atoms with Gasteiger partial charge in [-0.2, -0.15) is 0 Å². The molecular formula is C18H19FN2S. The van der Waals surface area contributed by atoms with Gasteiger partial charge in [-0.05, 0) is 73.6 Å². The zero-order valence-electron chi connectivity index (χ0n) is 12.4. The van der Waals surface area contributed by atoms with Crippen LogP contribution in [-0.4, -0.2) is 19.6 Å². The quantitative estimate of drug-likeness (QED) is 0.831. The lowest BCUT2D eigenvalue weighted by molar-refractivity contribution is 0.384. The molecule has 0 unspecified atom stereocenters. The number of rotatable bonds is 2. The van der Waals surface area contributed by atoms with Crippen molar-refractivity contribution in [3.8, 4) is 11.1 Å². The molecule has 2 heterocycles. The third kappa shape index (κ3) is 2.61. The molecule has 1 N–H and O–H groups in total. The number of hydrogen-bond donors (Lipinski definition) is 1. The normalized spacial score (nSPS) is 18.0.